The van der Waals surface area contributed by atoms with Crippen molar-refractivity contribution in [3.05, 3.63) is 0 Å². The molecule has 1 rings (SSSR count). The molecule has 96 valence electrons. The fourth-order valence-corrected chi connectivity index (χ4v) is 1.57. The summed E-state index contributed by atoms with van der Waals surface area (Å²) in [5.74, 6) is 0.414. The fourth-order valence-electron chi connectivity index (χ4n) is 1.46. The third-order valence-electron chi connectivity index (χ3n) is 2.41. The highest BCUT2D eigenvalue weighted by atomic mass is 35.5. The molecule has 0 aromatic rings. The van der Waals surface area contributed by atoms with Crippen molar-refractivity contribution >= 4 is 11.6 Å². The van der Waals surface area contributed by atoms with Crippen LogP contribution in [0.25, 0.3) is 0 Å². The van der Waals surface area contributed by atoms with Gasteiger partial charge in [-0.3, -0.25) is 0 Å². The molecule has 6 nitrogen and oxygen atoms in total. The van der Waals surface area contributed by atoms with Crippen LogP contribution in [-0.4, -0.2) is 70.2 Å². The van der Waals surface area contributed by atoms with Crippen LogP contribution in [0, 0.1) is 0 Å². The zero-order valence-corrected chi connectivity index (χ0v) is 9.45. The van der Waals surface area contributed by atoms with Crippen molar-refractivity contribution in [3.63, 3.8) is 0 Å². The minimum Gasteiger partial charge on any atom is -0.394 e. The Morgan fingerprint density at radius 2 is 1.81 bits per heavy atom. The monoisotopic (exact) mass is 256 g/mol. The zero-order valence-electron chi connectivity index (χ0n) is 8.70. The molecule has 0 unspecified atom stereocenters. The molecular weight excluding hydrogens is 240 g/mol. The summed E-state index contributed by atoms with van der Waals surface area (Å²) in [6, 6.07) is 0. The van der Waals surface area contributed by atoms with Crippen molar-refractivity contribution in [1.82, 2.24) is 0 Å². The maximum Gasteiger partial charge on any atom is 0.186 e. The van der Waals surface area contributed by atoms with E-state index < -0.39 is 37.3 Å². The lowest BCUT2D eigenvalue weighted by atomic mass is 9.99. The van der Waals surface area contributed by atoms with E-state index in [0.717, 1.165) is 0 Å². The average Bonchev–Trinajstić information content (AvgIpc) is 2.29. The number of alkyl halides is 1. The topological polar surface area (TPSA) is 99.4 Å². The lowest BCUT2D eigenvalue weighted by Gasteiger charge is -2.39. The third-order valence-corrected chi connectivity index (χ3v) is 2.68. The zero-order chi connectivity index (χ0) is 12.1. The van der Waals surface area contributed by atoms with Gasteiger partial charge in [-0.2, -0.15) is 0 Å². The minimum atomic E-state index is -1.40. The molecule has 0 aromatic heterocycles. The lowest BCUT2D eigenvalue weighted by Crippen LogP contribution is -2.59. The first-order chi connectivity index (χ1) is 7.61. The Labute approximate surface area is 98.4 Å². The molecule has 7 heteroatoms. The van der Waals surface area contributed by atoms with Gasteiger partial charge in [-0.05, 0) is 6.42 Å². The van der Waals surface area contributed by atoms with Crippen LogP contribution < -0.4 is 0 Å². The van der Waals surface area contributed by atoms with Crippen molar-refractivity contribution in [3.8, 4) is 0 Å². The van der Waals surface area contributed by atoms with E-state index in [0.29, 0.717) is 12.3 Å². The predicted octanol–water partition coefficient (Wildman–Crippen LogP) is -1.57. The van der Waals surface area contributed by atoms with E-state index in [4.69, 9.17) is 26.2 Å². The van der Waals surface area contributed by atoms with Crippen LogP contribution in [0.2, 0.25) is 0 Å². The van der Waals surface area contributed by atoms with Crippen LogP contribution in [0.5, 0.6) is 0 Å². The highest BCUT2D eigenvalue weighted by molar-refractivity contribution is 6.17. The first-order valence-corrected chi connectivity index (χ1v) is 5.63. The second-order valence-corrected chi connectivity index (χ2v) is 3.99. The van der Waals surface area contributed by atoms with Crippen molar-refractivity contribution in [2.45, 2.75) is 37.1 Å². The number of hydrogen-bond acceptors (Lipinski definition) is 6. The highest BCUT2D eigenvalue weighted by Gasteiger charge is 2.43. The summed E-state index contributed by atoms with van der Waals surface area (Å²) in [5.41, 5.74) is 0. The van der Waals surface area contributed by atoms with Crippen molar-refractivity contribution in [2.24, 2.45) is 0 Å². The van der Waals surface area contributed by atoms with E-state index in [-0.39, 0.29) is 6.61 Å². The highest BCUT2D eigenvalue weighted by Crippen LogP contribution is 2.21. The normalized spacial score (nSPS) is 39.9. The number of halogens is 1. The molecule has 1 saturated heterocycles. The second-order valence-electron chi connectivity index (χ2n) is 3.61. The summed E-state index contributed by atoms with van der Waals surface area (Å²) in [4.78, 5) is 0. The van der Waals surface area contributed by atoms with E-state index in [2.05, 4.69) is 0 Å². The van der Waals surface area contributed by atoms with Crippen molar-refractivity contribution in [2.75, 3.05) is 19.1 Å². The molecule has 1 aliphatic heterocycles. The molecule has 0 radical (unpaired) electrons. The van der Waals surface area contributed by atoms with E-state index in [1.807, 2.05) is 0 Å². The Morgan fingerprint density at radius 3 is 2.38 bits per heavy atom. The summed E-state index contributed by atoms with van der Waals surface area (Å²) in [5, 5.41) is 37.3. The summed E-state index contributed by atoms with van der Waals surface area (Å²) in [6.07, 6.45) is -5.50. The molecule has 0 aromatic carbocycles. The predicted molar refractivity (Wildman–Crippen MR) is 55.1 cm³/mol. The minimum absolute atomic E-state index is 0.270. The molecule has 5 atom stereocenters. The fraction of sp³-hybridized carbons (Fsp3) is 1.00. The molecule has 0 aliphatic carbocycles. The second kappa shape index (κ2) is 6.70. The van der Waals surface area contributed by atoms with Gasteiger partial charge in [0.25, 0.3) is 0 Å². The summed E-state index contributed by atoms with van der Waals surface area (Å²) in [7, 11) is 0. The Bertz CT molecular complexity index is 202. The standard InChI is InChI=1S/C9H17ClO6/c10-2-1-3-15-9-8(14)7(13)6(12)5(4-11)16-9/h5-9,11-14H,1-4H2/t5-,6-,7+,8-,9+/m1/s1. The van der Waals surface area contributed by atoms with Crippen LogP contribution in [-0.2, 0) is 9.47 Å². The largest absolute Gasteiger partial charge is 0.394 e. The number of hydrogen-bond donors (Lipinski definition) is 4. The third kappa shape index (κ3) is 3.27. The van der Waals surface area contributed by atoms with E-state index in [1.165, 1.54) is 0 Å². The van der Waals surface area contributed by atoms with E-state index >= 15 is 0 Å². The van der Waals surface area contributed by atoms with Gasteiger partial charge in [0.2, 0.25) is 0 Å². The summed E-state index contributed by atoms with van der Waals surface area (Å²) < 4.78 is 10.2. The maximum atomic E-state index is 9.55. The van der Waals surface area contributed by atoms with Gasteiger partial charge in [-0.1, -0.05) is 0 Å². The van der Waals surface area contributed by atoms with Gasteiger partial charge in [-0.15, -0.1) is 11.6 Å². The molecule has 4 N–H and O–H groups in total. The van der Waals surface area contributed by atoms with Crippen LogP contribution in [0.3, 0.4) is 0 Å². The van der Waals surface area contributed by atoms with Crippen LogP contribution >= 0.6 is 11.6 Å². The number of ether oxygens (including phenoxy) is 2. The number of rotatable bonds is 5. The van der Waals surface area contributed by atoms with Gasteiger partial charge in [0, 0.05) is 5.88 Å². The first-order valence-electron chi connectivity index (χ1n) is 5.10. The van der Waals surface area contributed by atoms with Crippen LogP contribution in [0.15, 0.2) is 0 Å². The average molecular weight is 257 g/mol. The van der Waals surface area contributed by atoms with Gasteiger partial charge in [-0.25, -0.2) is 0 Å². The Kier molecular flexibility index (Phi) is 5.91. The lowest BCUT2D eigenvalue weighted by molar-refractivity contribution is -0.300. The number of aliphatic hydroxyl groups is 4. The molecule has 1 heterocycles. The van der Waals surface area contributed by atoms with Crippen LogP contribution in [0.4, 0.5) is 0 Å². The van der Waals surface area contributed by atoms with Gasteiger partial charge < -0.3 is 29.9 Å². The summed E-state index contributed by atoms with van der Waals surface area (Å²) in [6.45, 7) is -0.188. The molecule has 16 heavy (non-hydrogen) atoms. The molecular formula is C9H17ClO6. The molecule has 1 fully saturated rings. The maximum absolute atomic E-state index is 9.55. The Balaban J connectivity index is 2.50. The van der Waals surface area contributed by atoms with Crippen molar-refractivity contribution in [1.29, 1.82) is 0 Å². The SMILES string of the molecule is OC[C@H]1O[C@H](OCCCCl)[C@H](O)[C@@H](O)[C@@H]1O. The van der Waals surface area contributed by atoms with Gasteiger partial charge in [0.15, 0.2) is 6.29 Å². The molecule has 0 bridgehead atoms. The molecule has 0 spiro atoms. The summed E-state index contributed by atoms with van der Waals surface area (Å²) >= 11 is 5.45. The van der Waals surface area contributed by atoms with E-state index in [9.17, 15) is 15.3 Å². The molecule has 0 amide bonds. The first kappa shape index (κ1) is 14.1. The van der Waals surface area contributed by atoms with Crippen LogP contribution in [0.1, 0.15) is 6.42 Å². The van der Waals surface area contributed by atoms with E-state index in [1.54, 1.807) is 0 Å². The Morgan fingerprint density at radius 1 is 1.12 bits per heavy atom. The van der Waals surface area contributed by atoms with Gasteiger partial charge >= 0.3 is 0 Å². The van der Waals surface area contributed by atoms with Crippen molar-refractivity contribution < 1.29 is 29.9 Å². The Hall–Kier alpha value is 0.0500. The number of aliphatic hydroxyl groups excluding tert-OH is 4. The molecule has 0 saturated carbocycles. The van der Waals surface area contributed by atoms with Gasteiger partial charge in [0.1, 0.15) is 24.4 Å². The quantitative estimate of drug-likeness (QED) is 0.350. The smallest absolute Gasteiger partial charge is 0.186 e. The molecule has 1 aliphatic rings. The van der Waals surface area contributed by atoms with Gasteiger partial charge in [0.05, 0.1) is 13.2 Å².